The van der Waals surface area contributed by atoms with Crippen molar-refractivity contribution in [2.75, 3.05) is 12.5 Å². The Hall–Kier alpha value is -1.87. The van der Waals surface area contributed by atoms with Crippen LogP contribution in [0.5, 0.6) is 0 Å². The fourth-order valence-electron chi connectivity index (χ4n) is 1.68. The minimum Gasteiger partial charge on any atom is -0.268 e. The molecule has 2 aromatic carbocycles. The summed E-state index contributed by atoms with van der Waals surface area (Å²) in [7, 11) is -2.00. The topological polar surface area (TPSA) is 29.4 Å². The average Bonchev–Trinajstić information content (AvgIpc) is 2.39. The number of rotatable bonds is 3. The van der Waals surface area contributed by atoms with E-state index in [0.717, 1.165) is 17.0 Å². The summed E-state index contributed by atoms with van der Waals surface area (Å²) in [6, 6.07) is 19.5. The Kier molecular flexibility index (Phi) is 4.17. The number of benzene rings is 2. The van der Waals surface area contributed by atoms with Crippen LogP contribution in [0.2, 0.25) is 0 Å². The number of aliphatic imine (C=N–C) groups is 1. The average molecular weight is 271 g/mol. The maximum atomic E-state index is 12.0. The number of hydrogen-bond donors (Lipinski definition) is 0. The third-order valence-corrected chi connectivity index (χ3v) is 3.26. The van der Waals surface area contributed by atoms with Crippen molar-refractivity contribution in [1.29, 1.82) is 0 Å². The molecule has 0 unspecified atom stereocenters. The summed E-state index contributed by atoms with van der Waals surface area (Å²) in [6.07, 6.45) is 3.44. The minimum absolute atomic E-state index is 0.752. The van der Waals surface area contributed by atoms with Crippen LogP contribution in [0.1, 0.15) is 5.56 Å². The summed E-state index contributed by atoms with van der Waals surface area (Å²) in [5.74, 6) is 0. The molecule has 0 bridgehead atoms. The van der Waals surface area contributed by atoms with Crippen molar-refractivity contribution in [1.82, 2.24) is 0 Å². The predicted octanol–water partition coefficient (Wildman–Crippen LogP) is 3.15. The van der Waals surface area contributed by atoms with E-state index in [9.17, 15) is 4.21 Å². The maximum Gasteiger partial charge on any atom is 0.0788 e. The Labute approximate surface area is 114 Å². The standard InChI is InChI=1S/C16H17NOS/c1-19(2,18)13-16(14-9-5-3-6-10-14)17-15-11-7-4-8-12-15/h3-13H,1-2H3. The van der Waals surface area contributed by atoms with E-state index < -0.39 is 9.52 Å². The van der Waals surface area contributed by atoms with Crippen molar-refractivity contribution in [3.63, 3.8) is 0 Å². The van der Waals surface area contributed by atoms with E-state index in [-0.39, 0.29) is 0 Å². The zero-order chi connectivity index (χ0) is 13.7. The highest BCUT2D eigenvalue weighted by Gasteiger charge is 2.02. The molecular formula is C16H17NOS. The first-order chi connectivity index (χ1) is 9.04. The van der Waals surface area contributed by atoms with Gasteiger partial charge in [0.25, 0.3) is 0 Å². The highest BCUT2D eigenvalue weighted by atomic mass is 32.2. The van der Waals surface area contributed by atoms with Gasteiger partial charge in [0.2, 0.25) is 0 Å². The lowest BCUT2D eigenvalue weighted by atomic mass is 10.1. The highest BCUT2D eigenvalue weighted by Crippen LogP contribution is 2.12. The Bertz CT molecular complexity index is 673. The van der Waals surface area contributed by atoms with Gasteiger partial charge in [-0.25, -0.2) is 4.99 Å². The summed E-state index contributed by atoms with van der Waals surface area (Å²) < 4.78 is 12.0. The first-order valence-corrected chi connectivity index (χ1v) is 8.46. The van der Waals surface area contributed by atoms with Crippen LogP contribution in [-0.4, -0.2) is 27.8 Å². The van der Waals surface area contributed by atoms with Gasteiger partial charge in [0, 0.05) is 23.4 Å². The second-order valence-corrected chi connectivity index (χ2v) is 7.48. The van der Waals surface area contributed by atoms with Crippen LogP contribution in [-0.2, 0) is 9.52 Å². The summed E-state index contributed by atoms with van der Waals surface area (Å²) in [6.45, 7) is 0. The minimum atomic E-state index is -2.00. The predicted molar refractivity (Wildman–Crippen MR) is 85.1 cm³/mol. The molecule has 0 N–H and O–H groups in total. The lowest BCUT2D eigenvalue weighted by Gasteiger charge is -2.04. The number of nitrogens with zero attached hydrogens (tertiary/aromatic N) is 1. The molecule has 0 amide bonds. The van der Waals surface area contributed by atoms with E-state index in [1.165, 1.54) is 0 Å². The molecule has 19 heavy (non-hydrogen) atoms. The molecule has 0 aromatic heterocycles. The Morgan fingerprint density at radius 1 is 0.947 bits per heavy atom. The molecule has 0 saturated carbocycles. The molecule has 0 aliphatic heterocycles. The molecule has 0 fully saturated rings. The second-order valence-electron chi connectivity index (χ2n) is 4.63. The Morgan fingerprint density at radius 2 is 1.47 bits per heavy atom. The van der Waals surface area contributed by atoms with Crippen molar-refractivity contribution in [3.05, 3.63) is 66.2 Å². The molecule has 0 saturated heterocycles. The highest BCUT2D eigenvalue weighted by molar-refractivity contribution is 8.01. The molecule has 0 aliphatic carbocycles. The summed E-state index contributed by atoms with van der Waals surface area (Å²) in [5.41, 5.74) is 2.59. The molecule has 2 aromatic rings. The van der Waals surface area contributed by atoms with Crippen molar-refractivity contribution in [3.8, 4) is 0 Å². The quantitative estimate of drug-likeness (QED) is 0.623. The van der Waals surface area contributed by atoms with Gasteiger partial charge in [-0.15, -0.1) is 0 Å². The van der Waals surface area contributed by atoms with Crippen molar-refractivity contribution < 1.29 is 4.21 Å². The van der Waals surface area contributed by atoms with Gasteiger partial charge in [-0.1, -0.05) is 48.5 Å². The Balaban J connectivity index is 2.54. The lowest BCUT2D eigenvalue weighted by molar-refractivity contribution is 0.688. The second kappa shape index (κ2) is 5.85. The van der Waals surface area contributed by atoms with Crippen molar-refractivity contribution in [2.24, 2.45) is 4.99 Å². The normalized spacial score (nSPS) is 12.2. The van der Waals surface area contributed by atoms with E-state index in [2.05, 4.69) is 4.99 Å². The van der Waals surface area contributed by atoms with E-state index in [1.807, 2.05) is 60.7 Å². The van der Waals surface area contributed by atoms with E-state index in [0.29, 0.717) is 0 Å². The first kappa shape index (κ1) is 13.6. The summed E-state index contributed by atoms with van der Waals surface area (Å²) >= 11 is 0. The smallest absolute Gasteiger partial charge is 0.0788 e. The van der Waals surface area contributed by atoms with E-state index in [4.69, 9.17) is 0 Å². The van der Waals surface area contributed by atoms with Crippen molar-refractivity contribution >= 4 is 26.3 Å². The maximum absolute atomic E-state index is 12.0. The Morgan fingerprint density at radius 3 is 2.00 bits per heavy atom. The molecule has 0 heterocycles. The number of hydrogen-bond acceptors (Lipinski definition) is 2. The van der Waals surface area contributed by atoms with Gasteiger partial charge in [0.05, 0.1) is 11.4 Å². The molecule has 0 aliphatic rings. The fraction of sp³-hybridized carbons (Fsp3) is 0.125. The molecule has 98 valence electrons. The van der Waals surface area contributed by atoms with Crippen LogP contribution >= 0.6 is 0 Å². The molecular weight excluding hydrogens is 254 g/mol. The molecule has 0 spiro atoms. The third-order valence-electron chi connectivity index (χ3n) is 2.47. The van der Waals surface area contributed by atoms with Gasteiger partial charge in [-0.2, -0.15) is 0 Å². The van der Waals surface area contributed by atoms with Crippen LogP contribution in [0.15, 0.2) is 65.7 Å². The summed E-state index contributed by atoms with van der Waals surface area (Å²) in [4.78, 5) is 4.60. The van der Waals surface area contributed by atoms with E-state index >= 15 is 0 Å². The largest absolute Gasteiger partial charge is 0.268 e. The van der Waals surface area contributed by atoms with Crippen LogP contribution < -0.4 is 0 Å². The lowest BCUT2D eigenvalue weighted by Crippen LogP contribution is -2.09. The van der Waals surface area contributed by atoms with Gasteiger partial charge < -0.3 is 0 Å². The van der Waals surface area contributed by atoms with Gasteiger partial charge >= 0.3 is 0 Å². The van der Waals surface area contributed by atoms with Gasteiger partial charge in [-0.05, 0) is 21.7 Å². The zero-order valence-corrected chi connectivity index (χ0v) is 11.9. The third kappa shape index (κ3) is 4.38. The van der Waals surface area contributed by atoms with Crippen LogP contribution in [0.3, 0.4) is 0 Å². The van der Waals surface area contributed by atoms with Crippen LogP contribution in [0.25, 0.3) is 0 Å². The van der Waals surface area contributed by atoms with Gasteiger partial charge in [-0.3, -0.25) is 4.21 Å². The summed E-state index contributed by atoms with van der Waals surface area (Å²) in [5, 5.41) is 1.75. The molecule has 0 radical (unpaired) electrons. The van der Waals surface area contributed by atoms with Crippen LogP contribution in [0.4, 0.5) is 5.69 Å². The van der Waals surface area contributed by atoms with Gasteiger partial charge in [0.15, 0.2) is 0 Å². The van der Waals surface area contributed by atoms with E-state index in [1.54, 1.807) is 17.9 Å². The molecule has 3 heteroatoms. The molecule has 0 atom stereocenters. The molecule has 2 nitrogen and oxygen atoms in total. The fourth-order valence-corrected chi connectivity index (χ4v) is 2.40. The first-order valence-electron chi connectivity index (χ1n) is 6.03. The monoisotopic (exact) mass is 271 g/mol. The van der Waals surface area contributed by atoms with Crippen molar-refractivity contribution in [2.45, 2.75) is 0 Å². The van der Waals surface area contributed by atoms with Gasteiger partial charge in [0.1, 0.15) is 0 Å². The van der Waals surface area contributed by atoms with Crippen LogP contribution in [0, 0.1) is 0 Å². The number of para-hydroxylation sites is 1. The SMILES string of the molecule is CS(C)(=O)=CC(=Nc1ccccc1)c1ccccc1. The zero-order valence-electron chi connectivity index (χ0n) is 11.1. The molecule has 2 rings (SSSR count).